The minimum atomic E-state index is -1.04. The largest absolute Gasteiger partial charge is 0.429 e. The van der Waals surface area contributed by atoms with Gasteiger partial charge < -0.3 is 10.1 Å². The van der Waals surface area contributed by atoms with Crippen LogP contribution in [-0.2, 0) is 24.2 Å². The number of nitrogens with one attached hydrogen (secondary N) is 1. The molecule has 1 aliphatic heterocycles. The van der Waals surface area contributed by atoms with E-state index in [-0.39, 0.29) is 17.7 Å². The van der Waals surface area contributed by atoms with E-state index < -0.39 is 24.0 Å². The number of rotatable bonds is 4. The van der Waals surface area contributed by atoms with E-state index in [9.17, 15) is 14.4 Å². The quantitative estimate of drug-likeness (QED) is 0.251. The lowest BCUT2D eigenvalue weighted by atomic mass is 9.97. The standard InChI is InChI=1S/C14H21N3O6/c1-7(21-13(19)8(2)22-23-15)11-9-5-4-6-10(9)17(12(11)18)14(20)16-3/h8-10H,4-6,15H2,1-3H3,(H,16,20)/b11-7-. The van der Waals surface area contributed by atoms with E-state index in [1.54, 1.807) is 0 Å². The molecule has 0 aromatic heterocycles. The van der Waals surface area contributed by atoms with Gasteiger partial charge in [0.05, 0.1) is 5.57 Å². The van der Waals surface area contributed by atoms with Crippen molar-refractivity contribution in [3.8, 4) is 0 Å². The Labute approximate surface area is 133 Å². The van der Waals surface area contributed by atoms with Gasteiger partial charge in [-0.3, -0.25) is 9.69 Å². The van der Waals surface area contributed by atoms with Crippen molar-refractivity contribution in [3.63, 3.8) is 0 Å². The Morgan fingerprint density at radius 2 is 2.09 bits per heavy atom. The maximum Gasteiger partial charge on any atom is 0.343 e. The number of nitrogens with zero attached hydrogens (tertiary/aromatic N) is 1. The molecule has 0 bridgehead atoms. The Kier molecular flexibility index (Phi) is 5.34. The smallest absolute Gasteiger partial charge is 0.343 e. The Balaban J connectivity index is 2.24. The number of imide groups is 1. The molecule has 23 heavy (non-hydrogen) atoms. The lowest BCUT2D eigenvalue weighted by molar-refractivity contribution is -0.321. The first-order chi connectivity index (χ1) is 10.9. The van der Waals surface area contributed by atoms with Crippen LogP contribution in [-0.4, -0.2) is 42.0 Å². The van der Waals surface area contributed by atoms with Crippen LogP contribution in [0.2, 0.25) is 0 Å². The molecule has 2 aliphatic rings. The summed E-state index contributed by atoms with van der Waals surface area (Å²) in [5.41, 5.74) is 0.366. The molecular formula is C14H21N3O6. The zero-order valence-corrected chi connectivity index (χ0v) is 13.3. The van der Waals surface area contributed by atoms with Crippen LogP contribution in [0, 0.1) is 5.92 Å². The van der Waals surface area contributed by atoms with Crippen LogP contribution >= 0.6 is 0 Å². The van der Waals surface area contributed by atoms with Crippen molar-refractivity contribution in [1.29, 1.82) is 0 Å². The Hall–Kier alpha value is -1.97. The van der Waals surface area contributed by atoms with E-state index in [2.05, 4.69) is 15.2 Å². The minimum Gasteiger partial charge on any atom is -0.429 e. The van der Waals surface area contributed by atoms with Crippen LogP contribution < -0.4 is 11.2 Å². The number of likely N-dealkylation sites (tertiary alicyclic amines) is 1. The number of urea groups is 1. The van der Waals surface area contributed by atoms with Gasteiger partial charge in [-0.15, -0.1) is 4.99 Å². The number of allylic oxidation sites excluding steroid dienone is 1. The highest BCUT2D eigenvalue weighted by molar-refractivity contribution is 6.07. The fourth-order valence-corrected chi connectivity index (χ4v) is 3.21. The van der Waals surface area contributed by atoms with E-state index in [1.165, 1.54) is 25.8 Å². The molecule has 3 amide bonds. The maximum absolute atomic E-state index is 12.6. The number of hydrogen-bond acceptors (Lipinski definition) is 7. The van der Waals surface area contributed by atoms with Crippen molar-refractivity contribution in [1.82, 2.24) is 10.2 Å². The highest BCUT2D eigenvalue weighted by Gasteiger charge is 2.50. The second-order valence-corrected chi connectivity index (χ2v) is 5.56. The van der Waals surface area contributed by atoms with Crippen LogP contribution in [0.25, 0.3) is 0 Å². The number of esters is 1. The summed E-state index contributed by atoms with van der Waals surface area (Å²) in [6, 6.07) is -0.638. The van der Waals surface area contributed by atoms with Gasteiger partial charge in [-0.05, 0) is 26.7 Å². The third kappa shape index (κ3) is 3.21. The highest BCUT2D eigenvalue weighted by atomic mass is 17.3. The molecular weight excluding hydrogens is 306 g/mol. The molecule has 1 aliphatic carbocycles. The van der Waals surface area contributed by atoms with Crippen LogP contribution in [0.5, 0.6) is 0 Å². The fraction of sp³-hybridized carbons (Fsp3) is 0.643. The zero-order chi connectivity index (χ0) is 17.1. The zero-order valence-electron chi connectivity index (χ0n) is 13.3. The number of carbonyl (C=O) groups excluding carboxylic acids is 3. The molecule has 2 fully saturated rings. The first-order valence-electron chi connectivity index (χ1n) is 7.42. The van der Waals surface area contributed by atoms with Gasteiger partial charge >= 0.3 is 12.0 Å². The van der Waals surface area contributed by atoms with Crippen LogP contribution in [0.1, 0.15) is 33.1 Å². The molecule has 3 atom stereocenters. The van der Waals surface area contributed by atoms with Gasteiger partial charge in [0, 0.05) is 19.0 Å². The molecule has 0 radical (unpaired) electrons. The average molecular weight is 327 g/mol. The van der Waals surface area contributed by atoms with Gasteiger partial charge in [0.1, 0.15) is 5.76 Å². The van der Waals surface area contributed by atoms with Crippen molar-refractivity contribution in [2.24, 2.45) is 11.8 Å². The average Bonchev–Trinajstić information content (AvgIpc) is 3.05. The lowest BCUT2D eigenvalue weighted by Gasteiger charge is -2.20. The van der Waals surface area contributed by atoms with E-state index in [0.29, 0.717) is 5.57 Å². The van der Waals surface area contributed by atoms with Gasteiger partial charge in [-0.2, -0.15) is 5.90 Å². The van der Waals surface area contributed by atoms with Gasteiger partial charge in [0.2, 0.25) is 0 Å². The monoisotopic (exact) mass is 327 g/mol. The van der Waals surface area contributed by atoms with Crippen LogP contribution in [0.4, 0.5) is 4.79 Å². The number of nitrogens with two attached hydrogens (primary N) is 1. The van der Waals surface area contributed by atoms with Gasteiger partial charge in [0.15, 0.2) is 6.10 Å². The summed E-state index contributed by atoms with van der Waals surface area (Å²) in [6.07, 6.45) is 1.38. The fourth-order valence-electron chi connectivity index (χ4n) is 3.21. The van der Waals surface area contributed by atoms with Gasteiger partial charge in [-0.1, -0.05) is 6.42 Å². The molecule has 9 nitrogen and oxygen atoms in total. The van der Waals surface area contributed by atoms with Crippen LogP contribution in [0.15, 0.2) is 11.3 Å². The summed E-state index contributed by atoms with van der Waals surface area (Å²) in [5.74, 6) is 3.63. The maximum atomic E-state index is 12.6. The Morgan fingerprint density at radius 3 is 2.70 bits per heavy atom. The molecule has 0 aromatic carbocycles. The first-order valence-corrected chi connectivity index (χ1v) is 7.42. The minimum absolute atomic E-state index is 0.116. The predicted molar refractivity (Wildman–Crippen MR) is 77.0 cm³/mol. The predicted octanol–water partition coefficient (Wildman–Crippen LogP) is 0.364. The first kappa shape index (κ1) is 17.4. The second kappa shape index (κ2) is 7.07. The molecule has 9 heteroatoms. The summed E-state index contributed by atoms with van der Waals surface area (Å²) in [7, 11) is 1.47. The summed E-state index contributed by atoms with van der Waals surface area (Å²) >= 11 is 0. The molecule has 0 spiro atoms. The molecule has 2 rings (SSSR count). The van der Waals surface area contributed by atoms with E-state index in [1.807, 2.05) is 0 Å². The van der Waals surface area contributed by atoms with Crippen LogP contribution in [0.3, 0.4) is 0 Å². The highest BCUT2D eigenvalue weighted by Crippen LogP contribution is 2.43. The van der Waals surface area contributed by atoms with Crippen molar-refractivity contribution in [3.05, 3.63) is 11.3 Å². The Morgan fingerprint density at radius 1 is 1.39 bits per heavy atom. The summed E-state index contributed by atoms with van der Waals surface area (Å²) in [5, 5.41) is 2.47. The number of ether oxygens (including phenoxy) is 1. The normalized spacial score (nSPS) is 26.8. The summed E-state index contributed by atoms with van der Waals surface area (Å²) in [6.45, 7) is 2.93. The molecule has 1 saturated heterocycles. The molecule has 1 saturated carbocycles. The van der Waals surface area contributed by atoms with E-state index in [4.69, 9.17) is 10.6 Å². The number of fused-ring (bicyclic) bond motifs is 1. The topological polar surface area (TPSA) is 120 Å². The number of carbonyl (C=O) groups is 3. The van der Waals surface area contributed by atoms with E-state index >= 15 is 0 Å². The molecule has 3 unspecified atom stereocenters. The number of amides is 3. The SMILES string of the molecule is CNC(=O)N1C(=O)/C(=C(/C)OC(=O)C(C)OON)C2CCCC21. The molecule has 3 N–H and O–H groups in total. The van der Waals surface area contributed by atoms with Crippen molar-refractivity contribution >= 4 is 17.9 Å². The molecule has 0 aromatic rings. The van der Waals surface area contributed by atoms with Gasteiger partial charge in [0.25, 0.3) is 5.91 Å². The van der Waals surface area contributed by atoms with Crippen molar-refractivity contribution in [2.45, 2.75) is 45.3 Å². The lowest BCUT2D eigenvalue weighted by Crippen LogP contribution is -2.44. The second-order valence-electron chi connectivity index (χ2n) is 5.56. The summed E-state index contributed by atoms with van der Waals surface area (Å²) < 4.78 is 5.19. The third-order valence-corrected chi connectivity index (χ3v) is 4.23. The van der Waals surface area contributed by atoms with Gasteiger partial charge in [-0.25, -0.2) is 14.5 Å². The Bertz CT molecular complexity index is 547. The van der Waals surface area contributed by atoms with Crippen molar-refractivity contribution < 1.29 is 29.0 Å². The summed E-state index contributed by atoms with van der Waals surface area (Å²) in [4.78, 5) is 46.0. The molecule has 1 heterocycles. The molecule has 128 valence electrons. The van der Waals surface area contributed by atoms with Crippen molar-refractivity contribution in [2.75, 3.05) is 7.05 Å². The third-order valence-electron chi connectivity index (χ3n) is 4.23. The number of hydrogen-bond donors (Lipinski definition) is 2. The van der Waals surface area contributed by atoms with E-state index in [0.717, 1.165) is 19.3 Å².